The third-order valence-electron chi connectivity index (χ3n) is 6.48. The van der Waals surface area contributed by atoms with Crippen LogP contribution in [0.2, 0.25) is 0 Å². The molecule has 1 saturated carbocycles. The van der Waals surface area contributed by atoms with Gasteiger partial charge in [0.1, 0.15) is 21.7 Å². The van der Waals surface area contributed by atoms with Crippen molar-refractivity contribution in [3.05, 3.63) is 32.5 Å². The van der Waals surface area contributed by atoms with Crippen molar-refractivity contribution in [3.63, 3.8) is 0 Å². The third-order valence-corrected chi connectivity index (χ3v) is 7.36. The van der Waals surface area contributed by atoms with E-state index in [4.69, 9.17) is 10.5 Å². The Morgan fingerprint density at radius 1 is 1.30 bits per heavy atom. The van der Waals surface area contributed by atoms with Gasteiger partial charge in [0.15, 0.2) is 5.82 Å². The van der Waals surface area contributed by atoms with Crippen molar-refractivity contribution in [2.45, 2.75) is 44.7 Å². The topological polar surface area (TPSA) is 93.3 Å². The first-order valence-electron chi connectivity index (χ1n) is 10.2. The van der Waals surface area contributed by atoms with Gasteiger partial charge < -0.3 is 19.9 Å². The van der Waals surface area contributed by atoms with Crippen LogP contribution in [0.1, 0.15) is 39.2 Å². The zero-order valence-corrected chi connectivity index (χ0v) is 18.1. The molecule has 0 bridgehead atoms. The minimum Gasteiger partial charge on any atom is -0.494 e. The quantitative estimate of drug-likeness (QED) is 0.661. The number of ether oxygens (including phenoxy) is 1. The summed E-state index contributed by atoms with van der Waals surface area (Å²) in [5.74, 6) is 0.0628. The molecule has 0 radical (unpaired) electrons. The van der Waals surface area contributed by atoms with Crippen LogP contribution in [0.5, 0.6) is 5.75 Å². The highest BCUT2D eigenvalue weighted by molar-refractivity contribution is 7.12. The second-order valence-corrected chi connectivity index (χ2v) is 9.83. The first kappa shape index (κ1) is 19.6. The summed E-state index contributed by atoms with van der Waals surface area (Å²) in [6, 6.07) is 1.68. The number of hydrogen-bond donors (Lipinski definition) is 2. The van der Waals surface area contributed by atoms with Crippen molar-refractivity contribution in [2.24, 2.45) is 11.7 Å². The zero-order valence-electron chi connectivity index (χ0n) is 17.3. The van der Waals surface area contributed by atoms with E-state index in [-0.39, 0.29) is 33.8 Å². The minimum absolute atomic E-state index is 0.0899. The number of aromatic nitrogens is 2. The number of anilines is 1. The Morgan fingerprint density at radius 3 is 2.63 bits per heavy atom. The summed E-state index contributed by atoms with van der Waals surface area (Å²) in [7, 11) is 1.47. The first-order valence-corrected chi connectivity index (χ1v) is 11.0. The molecule has 1 aromatic carbocycles. The molecule has 30 heavy (non-hydrogen) atoms. The summed E-state index contributed by atoms with van der Waals surface area (Å²) in [5, 5.41) is 0.283. The Kier molecular flexibility index (Phi) is 4.27. The number of pyridine rings is 1. The van der Waals surface area contributed by atoms with Crippen LogP contribution in [0.4, 0.5) is 10.1 Å². The summed E-state index contributed by atoms with van der Waals surface area (Å²) in [6.45, 7) is 5.27. The molecule has 3 N–H and O–H groups in total. The van der Waals surface area contributed by atoms with E-state index in [0.29, 0.717) is 29.4 Å². The fraction of sp³-hybridized carbons (Fsp3) is 0.524. The lowest BCUT2D eigenvalue weighted by atomic mass is 9.88. The predicted molar refractivity (Wildman–Crippen MR) is 118 cm³/mol. The van der Waals surface area contributed by atoms with E-state index in [1.54, 1.807) is 6.07 Å². The van der Waals surface area contributed by atoms with Crippen LogP contribution in [0.3, 0.4) is 0 Å². The number of benzene rings is 1. The van der Waals surface area contributed by atoms with Gasteiger partial charge in [-0.2, -0.15) is 0 Å². The van der Waals surface area contributed by atoms with Crippen molar-refractivity contribution in [1.29, 1.82) is 0 Å². The second-order valence-electron chi connectivity index (χ2n) is 9.03. The number of methoxy groups -OCH3 is 1. The number of aromatic amines is 1. The van der Waals surface area contributed by atoms with Crippen LogP contribution in [0.15, 0.2) is 15.7 Å². The molecule has 3 aromatic rings. The Bertz CT molecular complexity index is 1280. The zero-order chi connectivity index (χ0) is 21.4. The molecule has 1 aliphatic heterocycles. The number of nitrogens with zero attached hydrogens (tertiary/aromatic N) is 2. The van der Waals surface area contributed by atoms with Gasteiger partial charge >= 0.3 is 0 Å². The number of fused-ring (bicyclic) bond motifs is 2. The van der Waals surface area contributed by atoms with Gasteiger partial charge in [-0.25, -0.2) is 4.39 Å². The maximum absolute atomic E-state index is 16.2. The SMILES string of the molecule is COc1cc2c(=O)c3c(=O)[nH]sc3n(C3CC3)c2c(F)c1N1CC[C@@H](C(C)(C)N)C1. The molecule has 0 amide bonds. The fourth-order valence-corrected chi connectivity index (χ4v) is 5.53. The minimum atomic E-state index is -0.466. The molecule has 2 aliphatic rings. The van der Waals surface area contributed by atoms with Crippen molar-refractivity contribution >= 4 is 38.3 Å². The molecular weight excluding hydrogens is 407 g/mol. The van der Waals surface area contributed by atoms with Crippen molar-refractivity contribution in [3.8, 4) is 5.75 Å². The van der Waals surface area contributed by atoms with Gasteiger partial charge in [-0.05, 0) is 56.6 Å². The molecule has 3 heterocycles. The van der Waals surface area contributed by atoms with Crippen LogP contribution >= 0.6 is 11.5 Å². The van der Waals surface area contributed by atoms with E-state index < -0.39 is 16.8 Å². The molecule has 9 heteroatoms. The maximum Gasteiger partial charge on any atom is 0.271 e. The largest absolute Gasteiger partial charge is 0.494 e. The highest BCUT2D eigenvalue weighted by atomic mass is 32.1. The molecule has 0 unspecified atom stereocenters. The van der Waals surface area contributed by atoms with Gasteiger partial charge in [-0.15, -0.1) is 0 Å². The van der Waals surface area contributed by atoms with E-state index in [1.165, 1.54) is 7.11 Å². The normalized spacial score (nSPS) is 19.9. The Morgan fingerprint density at radius 2 is 2.03 bits per heavy atom. The Hall–Kier alpha value is -2.39. The van der Waals surface area contributed by atoms with Gasteiger partial charge in [-0.3, -0.25) is 14.0 Å². The summed E-state index contributed by atoms with van der Waals surface area (Å²) in [6.07, 6.45) is 2.65. The standard InChI is InChI=1S/C21H25FN4O3S/c1-21(2,23)10-6-7-25(9-10)17-13(29-3)8-12-16(15(17)22)26(11-4-5-11)20-14(18(12)27)19(28)24-30-20/h8,10-11H,4-7,9,23H2,1-3H3,(H,24,28)/t10-/m1/s1. The van der Waals surface area contributed by atoms with Crippen LogP contribution in [0.25, 0.3) is 21.1 Å². The third kappa shape index (κ3) is 2.79. The van der Waals surface area contributed by atoms with E-state index in [1.807, 2.05) is 23.3 Å². The van der Waals surface area contributed by atoms with Crippen molar-refractivity contribution in [1.82, 2.24) is 8.94 Å². The van der Waals surface area contributed by atoms with Crippen LogP contribution < -0.4 is 26.4 Å². The molecule has 2 aromatic heterocycles. The molecule has 7 nitrogen and oxygen atoms in total. The molecule has 1 saturated heterocycles. The number of H-pyrrole nitrogens is 1. The molecule has 1 aliphatic carbocycles. The van der Waals surface area contributed by atoms with E-state index in [2.05, 4.69) is 4.37 Å². The summed E-state index contributed by atoms with van der Waals surface area (Å²) >= 11 is 1.10. The lowest BCUT2D eigenvalue weighted by Crippen LogP contribution is -2.42. The molecule has 1 atom stereocenters. The number of hydrogen-bond acceptors (Lipinski definition) is 6. The van der Waals surface area contributed by atoms with Crippen molar-refractivity contribution in [2.75, 3.05) is 25.1 Å². The van der Waals surface area contributed by atoms with Crippen LogP contribution in [-0.2, 0) is 0 Å². The molecule has 160 valence electrons. The van der Waals surface area contributed by atoms with Crippen LogP contribution in [0, 0.1) is 11.7 Å². The predicted octanol–water partition coefficient (Wildman–Crippen LogP) is 2.95. The smallest absolute Gasteiger partial charge is 0.271 e. The number of rotatable bonds is 4. The van der Waals surface area contributed by atoms with E-state index >= 15 is 4.39 Å². The first-order chi connectivity index (χ1) is 14.2. The Labute approximate surface area is 176 Å². The van der Waals surface area contributed by atoms with Gasteiger partial charge in [0.2, 0.25) is 5.43 Å². The summed E-state index contributed by atoms with van der Waals surface area (Å²) < 4.78 is 26.2. The Balaban J connectivity index is 1.81. The fourth-order valence-electron chi connectivity index (χ4n) is 4.62. The highest BCUT2D eigenvalue weighted by Gasteiger charge is 2.37. The average molecular weight is 433 g/mol. The van der Waals surface area contributed by atoms with Gasteiger partial charge in [0, 0.05) is 24.7 Å². The summed E-state index contributed by atoms with van der Waals surface area (Å²) in [4.78, 5) is 27.9. The lowest BCUT2D eigenvalue weighted by Gasteiger charge is -2.28. The number of halogens is 1. The van der Waals surface area contributed by atoms with Gasteiger partial charge in [0.05, 0.1) is 18.0 Å². The van der Waals surface area contributed by atoms with Gasteiger partial charge in [-0.1, -0.05) is 0 Å². The molecule has 0 spiro atoms. The average Bonchev–Trinajstić information content (AvgIpc) is 3.26. The second kappa shape index (κ2) is 6.55. The highest BCUT2D eigenvalue weighted by Crippen LogP contribution is 2.45. The summed E-state index contributed by atoms with van der Waals surface area (Å²) in [5.41, 5.74) is 5.69. The van der Waals surface area contributed by atoms with E-state index in [0.717, 1.165) is 30.8 Å². The molecule has 5 rings (SSSR count). The monoisotopic (exact) mass is 432 g/mol. The molecular formula is C21H25FN4O3S. The van der Waals surface area contributed by atoms with E-state index in [9.17, 15) is 9.59 Å². The number of nitrogens with one attached hydrogen (secondary N) is 1. The molecule has 2 fully saturated rings. The van der Waals surface area contributed by atoms with Crippen molar-refractivity contribution < 1.29 is 9.13 Å². The van der Waals surface area contributed by atoms with Gasteiger partial charge in [0.25, 0.3) is 5.56 Å². The number of nitrogens with two attached hydrogens (primary N) is 1. The lowest BCUT2D eigenvalue weighted by molar-refractivity contribution is 0.348. The maximum atomic E-state index is 16.2. The van der Waals surface area contributed by atoms with Crippen LogP contribution in [-0.4, -0.2) is 34.7 Å².